The molecule has 1 saturated carbocycles. The van der Waals surface area contributed by atoms with Crippen LogP contribution in [0.25, 0.3) is 10.6 Å². The van der Waals surface area contributed by atoms with Crippen LogP contribution in [0.4, 0.5) is 0 Å². The Labute approximate surface area is 139 Å². The van der Waals surface area contributed by atoms with Gasteiger partial charge in [0.15, 0.2) is 0 Å². The number of para-hydroxylation sites is 1. The number of aliphatic hydroxyl groups excluding tert-OH is 1. The number of carbonyl (C=O) groups excluding carboxylic acids is 1. The molecule has 1 aliphatic rings. The van der Waals surface area contributed by atoms with Gasteiger partial charge in [0.2, 0.25) is 0 Å². The lowest BCUT2D eigenvalue weighted by molar-refractivity contribution is 0.0714. The van der Waals surface area contributed by atoms with E-state index in [0.717, 1.165) is 42.0 Å². The highest BCUT2D eigenvalue weighted by molar-refractivity contribution is 7.13. The Balaban J connectivity index is 1.75. The van der Waals surface area contributed by atoms with Crippen LogP contribution in [0.3, 0.4) is 0 Å². The molecule has 2 unspecified atom stereocenters. The topological polar surface area (TPSA) is 71.5 Å². The zero-order valence-corrected chi connectivity index (χ0v) is 13.8. The monoisotopic (exact) mass is 332 g/mol. The predicted molar refractivity (Wildman–Crippen MR) is 89.8 cm³/mol. The van der Waals surface area contributed by atoms with Crippen LogP contribution in [0.1, 0.15) is 36.2 Å². The van der Waals surface area contributed by atoms with Gasteiger partial charge in [-0.05, 0) is 25.0 Å². The van der Waals surface area contributed by atoms with Crippen LogP contribution < -0.4 is 10.1 Å². The number of hydrogen-bond acceptors (Lipinski definition) is 5. The lowest BCUT2D eigenvalue weighted by Gasteiger charge is -2.27. The molecule has 6 heteroatoms. The van der Waals surface area contributed by atoms with E-state index in [-0.39, 0.29) is 11.9 Å². The number of ether oxygens (including phenoxy) is 1. The van der Waals surface area contributed by atoms with Crippen molar-refractivity contribution in [1.29, 1.82) is 0 Å². The third-order valence-corrected chi connectivity index (χ3v) is 5.00. The molecule has 122 valence electrons. The second-order valence-corrected chi connectivity index (χ2v) is 6.53. The summed E-state index contributed by atoms with van der Waals surface area (Å²) in [5.74, 6) is 0.504. The van der Waals surface area contributed by atoms with E-state index >= 15 is 0 Å². The van der Waals surface area contributed by atoms with Crippen molar-refractivity contribution >= 4 is 17.2 Å². The third-order valence-electron chi connectivity index (χ3n) is 4.12. The van der Waals surface area contributed by atoms with Gasteiger partial charge in [0.05, 0.1) is 24.8 Å². The zero-order chi connectivity index (χ0) is 16.2. The molecule has 2 aromatic rings. The number of aromatic nitrogens is 1. The average Bonchev–Trinajstić information content (AvgIpc) is 3.07. The fourth-order valence-corrected chi connectivity index (χ4v) is 3.67. The summed E-state index contributed by atoms with van der Waals surface area (Å²) in [6.45, 7) is 0. The van der Waals surface area contributed by atoms with Crippen molar-refractivity contribution in [3.63, 3.8) is 0 Å². The molecule has 1 aromatic carbocycles. The van der Waals surface area contributed by atoms with Gasteiger partial charge in [-0.15, -0.1) is 11.3 Å². The van der Waals surface area contributed by atoms with Gasteiger partial charge in [0.25, 0.3) is 5.91 Å². The second-order valence-electron chi connectivity index (χ2n) is 5.67. The highest BCUT2D eigenvalue weighted by Gasteiger charge is 2.25. The average molecular weight is 332 g/mol. The molecule has 1 aromatic heterocycles. The first-order valence-electron chi connectivity index (χ1n) is 7.77. The van der Waals surface area contributed by atoms with Crippen LogP contribution in [0.2, 0.25) is 0 Å². The summed E-state index contributed by atoms with van der Waals surface area (Å²) in [5.41, 5.74) is 1.26. The summed E-state index contributed by atoms with van der Waals surface area (Å²) in [4.78, 5) is 16.8. The highest BCUT2D eigenvalue weighted by atomic mass is 32.1. The summed E-state index contributed by atoms with van der Waals surface area (Å²) in [7, 11) is 1.62. The second kappa shape index (κ2) is 7.10. The van der Waals surface area contributed by atoms with Crippen LogP contribution in [0, 0.1) is 0 Å². The quantitative estimate of drug-likeness (QED) is 0.903. The Kier molecular flexibility index (Phi) is 4.93. The van der Waals surface area contributed by atoms with Crippen LogP contribution in [0.5, 0.6) is 5.75 Å². The number of methoxy groups -OCH3 is 1. The molecule has 23 heavy (non-hydrogen) atoms. The lowest BCUT2D eigenvalue weighted by Crippen LogP contribution is -2.45. The molecule has 0 aliphatic heterocycles. The molecule has 5 nitrogen and oxygen atoms in total. The van der Waals surface area contributed by atoms with Gasteiger partial charge in [-0.25, -0.2) is 4.98 Å². The van der Waals surface area contributed by atoms with Gasteiger partial charge in [-0.1, -0.05) is 25.0 Å². The van der Waals surface area contributed by atoms with E-state index in [4.69, 9.17) is 4.74 Å². The number of thiazole rings is 1. The van der Waals surface area contributed by atoms with Crippen LogP contribution in [0.15, 0.2) is 29.6 Å². The van der Waals surface area contributed by atoms with Crippen molar-refractivity contribution in [3.05, 3.63) is 35.3 Å². The number of aliphatic hydroxyl groups is 1. The standard InChI is InChI=1S/C17H20N2O3S/c1-22-15-9-5-2-6-11(15)17-19-13(10-23-17)16(21)18-12-7-3-4-8-14(12)20/h2,5-6,9-10,12,14,20H,3-4,7-8H2,1H3,(H,18,21). The van der Waals surface area contributed by atoms with E-state index in [1.165, 1.54) is 11.3 Å². The maximum absolute atomic E-state index is 12.3. The van der Waals surface area contributed by atoms with Gasteiger partial charge >= 0.3 is 0 Å². The van der Waals surface area contributed by atoms with Crippen molar-refractivity contribution < 1.29 is 14.6 Å². The minimum absolute atomic E-state index is 0.173. The molecule has 3 rings (SSSR count). The van der Waals surface area contributed by atoms with Crippen LogP contribution >= 0.6 is 11.3 Å². The molecule has 0 spiro atoms. The number of hydrogen-bond donors (Lipinski definition) is 2. The predicted octanol–water partition coefficient (Wildman–Crippen LogP) is 2.85. The number of rotatable bonds is 4. The minimum atomic E-state index is -0.458. The molecule has 1 amide bonds. The molecule has 1 heterocycles. The Morgan fingerprint density at radius 3 is 2.91 bits per heavy atom. The Hall–Kier alpha value is -1.92. The SMILES string of the molecule is COc1ccccc1-c1nc(C(=O)NC2CCCCC2O)cs1. The van der Waals surface area contributed by atoms with Gasteiger partial charge in [0.1, 0.15) is 16.5 Å². The van der Waals surface area contributed by atoms with Crippen LogP contribution in [-0.4, -0.2) is 35.3 Å². The summed E-state index contributed by atoms with van der Waals surface area (Å²) in [5, 5.41) is 15.4. The zero-order valence-electron chi connectivity index (χ0n) is 13.0. The van der Waals surface area contributed by atoms with E-state index < -0.39 is 6.10 Å². The number of nitrogens with one attached hydrogen (secondary N) is 1. The van der Waals surface area contributed by atoms with Gasteiger partial charge in [-0.3, -0.25) is 4.79 Å². The molecular formula is C17H20N2O3S. The number of carbonyl (C=O) groups is 1. The third kappa shape index (κ3) is 3.54. The normalized spacial score (nSPS) is 21.0. The van der Waals surface area contributed by atoms with Crippen molar-refractivity contribution in [2.45, 2.75) is 37.8 Å². The Bertz CT molecular complexity index is 686. The fraction of sp³-hybridized carbons (Fsp3) is 0.412. The first-order chi connectivity index (χ1) is 11.2. The summed E-state index contributed by atoms with van der Waals surface area (Å²) >= 11 is 1.41. The van der Waals surface area contributed by atoms with E-state index in [1.54, 1.807) is 12.5 Å². The number of benzene rings is 1. The molecule has 0 radical (unpaired) electrons. The van der Waals surface area contributed by atoms with Crippen molar-refractivity contribution in [2.75, 3.05) is 7.11 Å². The van der Waals surface area contributed by atoms with Crippen molar-refractivity contribution in [2.24, 2.45) is 0 Å². The van der Waals surface area contributed by atoms with E-state index in [1.807, 2.05) is 24.3 Å². The van der Waals surface area contributed by atoms with E-state index in [2.05, 4.69) is 10.3 Å². The minimum Gasteiger partial charge on any atom is -0.496 e. The molecule has 1 aliphatic carbocycles. The summed E-state index contributed by atoms with van der Waals surface area (Å²) < 4.78 is 5.34. The molecule has 0 bridgehead atoms. The molecule has 2 N–H and O–H groups in total. The van der Waals surface area contributed by atoms with Gasteiger partial charge in [0, 0.05) is 5.38 Å². The maximum Gasteiger partial charge on any atom is 0.271 e. The Morgan fingerprint density at radius 1 is 1.35 bits per heavy atom. The number of nitrogens with zero attached hydrogens (tertiary/aromatic N) is 1. The molecule has 1 fully saturated rings. The number of amides is 1. The molecular weight excluding hydrogens is 312 g/mol. The van der Waals surface area contributed by atoms with Crippen LogP contribution in [-0.2, 0) is 0 Å². The molecule has 0 saturated heterocycles. The fourth-order valence-electron chi connectivity index (χ4n) is 2.85. The van der Waals surface area contributed by atoms with E-state index in [0.29, 0.717) is 5.69 Å². The highest BCUT2D eigenvalue weighted by Crippen LogP contribution is 2.32. The van der Waals surface area contributed by atoms with Gasteiger partial charge < -0.3 is 15.2 Å². The molecule has 2 atom stereocenters. The van der Waals surface area contributed by atoms with Gasteiger partial charge in [-0.2, -0.15) is 0 Å². The van der Waals surface area contributed by atoms with E-state index in [9.17, 15) is 9.90 Å². The first kappa shape index (κ1) is 16.0. The largest absolute Gasteiger partial charge is 0.496 e. The Morgan fingerprint density at radius 2 is 2.13 bits per heavy atom. The van der Waals surface area contributed by atoms with Crippen molar-refractivity contribution in [3.8, 4) is 16.3 Å². The van der Waals surface area contributed by atoms with Crippen molar-refractivity contribution in [1.82, 2.24) is 10.3 Å². The summed E-state index contributed by atoms with van der Waals surface area (Å²) in [6, 6.07) is 7.43. The first-order valence-corrected chi connectivity index (χ1v) is 8.65. The smallest absolute Gasteiger partial charge is 0.271 e. The summed E-state index contributed by atoms with van der Waals surface area (Å²) in [6.07, 6.45) is 3.15. The lowest BCUT2D eigenvalue weighted by atomic mass is 9.92. The maximum atomic E-state index is 12.3.